The number of hydrogen-bond acceptors (Lipinski definition) is 4. The van der Waals surface area contributed by atoms with Gasteiger partial charge in [-0.05, 0) is 18.2 Å². The first-order valence-corrected chi connectivity index (χ1v) is 5.02. The van der Waals surface area contributed by atoms with Gasteiger partial charge in [-0.15, -0.1) is 0 Å². The van der Waals surface area contributed by atoms with Crippen LogP contribution in [-0.4, -0.2) is 16.9 Å². The second kappa shape index (κ2) is 5.00. The molecule has 18 heavy (non-hydrogen) atoms. The molecule has 3 amide bonds. The minimum Gasteiger partial charge on any atom is -0.445 e. The Bertz CT molecular complexity index is 565. The quantitative estimate of drug-likeness (QED) is 0.676. The highest BCUT2D eigenvalue weighted by molar-refractivity contribution is 5.96. The van der Waals surface area contributed by atoms with Crippen LogP contribution in [0.15, 0.2) is 41.1 Å². The minimum absolute atomic E-state index is 0.347. The first-order chi connectivity index (χ1) is 8.66. The molecule has 7 nitrogen and oxygen atoms in total. The van der Waals surface area contributed by atoms with Crippen LogP contribution in [0, 0.1) is 0 Å². The third-order valence-electron chi connectivity index (χ3n) is 2.10. The Hall–Kier alpha value is -2.83. The molecule has 0 atom stereocenters. The summed E-state index contributed by atoms with van der Waals surface area (Å²) in [4.78, 5) is 26.1. The molecule has 7 heteroatoms. The lowest BCUT2D eigenvalue weighted by molar-refractivity contribution is 0.0937. The number of oxazole rings is 1. The van der Waals surface area contributed by atoms with Crippen molar-refractivity contribution in [1.29, 1.82) is 0 Å². The molecule has 0 aliphatic heterocycles. The van der Waals surface area contributed by atoms with Crippen LogP contribution in [0.3, 0.4) is 0 Å². The van der Waals surface area contributed by atoms with E-state index in [0.717, 1.165) is 0 Å². The fraction of sp³-hybridized carbons (Fsp3) is 0. The number of hydrogen-bond donors (Lipinski definition) is 3. The number of nitrogens with zero attached hydrogens (tertiary/aromatic N) is 1. The van der Waals surface area contributed by atoms with Crippen molar-refractivity contribution in [3.63, 3.8) is 0 Å². The van der Waals surface area contributed by atoms with Gasteiger partial charge in [0.05, 0.1) is 6.20 Å². The maximum absolute atomic E-state index is 11.6. The average Bonchev–Trinajstić information content (AvgIpc) is 2.90. The number of nitrogens with one attached hydrogen (secondary N) is 2. The lowest BCUT2D eigenvalue weighted by atomic mass is 10.1. The first-order valence-electron chi connectivity index (χ1n) is 5.02. The molecule has 4 N–H and O–H groups in total. The summed E-state index contributed by atoms with van der Waals surface area (Å²) < 4.78 is 5.12. The molecule has 0 radical (unpaired) electrons. The van der Waals surface area contributed by atoms with Crippen LogP contribution in [0.25, 0.3) is 11.5 Å². The Morgan fingerprint density at radius 2 is 2.11 bits per heavy atom. The predicted molar refractivity (Wildman–Crippen MR) is 62.1 cm³/mol. The Labute approximate surface area is 102 Å². The molecular formula is C11H10N4O3. The van der Waals surface area contributed by atoms with Crippen molar-refractivity contribution < 1.29 is 14.0 Å². The second-order valence-corrected chi connectivity index (χ2v) is 3.36. The van der Waals surface area contributed by atoms with Crippen LogP contribution in [0.2, 0.25) is 0 Å². The molecule has 1 aromatic carbocycles. The predicted octanol–water partition coefficient (Wildman–Crippen LogP) is 0.655. The normalized spacial score (nSPS) is 9.78. The van der Waals surface area contributed by atoms with Crippen LogP contribution >= 0.6 is 0 Å². The Kier molecular flexibility index (Phi) is 3.24. The van der Waals surface area contributed by atoms with Crippen LogP contribution in [0.1, 0.15) is 10.4 Å². The summed E-state index contributed by atoms with van der Waals surface area (Å²) in [7, 11) is 0. The van der Waals surface area contributed by atoms with Crippen molar-refractivity contribution >= 4 is 11.9 Å². The molecule has 0 saturated carbocycles. The average molecular weight is 246 g/mol. The Morgan fingerprint density at radius 3 is 2.78 bits per heavy atom. The van der Waals surface area contributed by atoms with Gasteiger partial charge in [-0.25, -0.2) is 15.2 Å². The highest BCUT2D eigenvalue weighted by Crippen LogP contribution is 2.17. The van der Waals surface area contributed by atoms with Crippen LogP contribution < -0.4 is 16.6 Å². The summed E-state index contributed by atoms with van der Waals surface area (Å²) in [6.45, 7) is 0. The van der Waals surface area contributed by atoms with Crippen molar-refractivity contribution in [2.24, 2.45) is 5.73 Å². The zero-order valence-electron chi connectivity index (χ0n) is 9.21. The molecule has 1 heterocycles. The highest BCUT2D eigenvalue weighted by atomic mass is 16.3. The van der Waals surface area contributed by atoms with E-state index in [1.807, 2.05) is 5.43 Å². The number of benzene rings is 1. The number of primary amides is 1. The number of hydrazine groups is 1. The highest BCUT2D eigenvalue weighted by Gasteiger charge is 2.09. The summed E-state index contributed by atoms with van der Waals surface area (Å²) in [6, 6.07) is 5.77. The molecule has 0 aliphatic carbocycles. The van der Waals surface area contributed by atoms with Gasteiger partial charge in [0.2, 0.25) is 5.89 Å². The second-order valence-electron chi connectivity index (χ2n) is 3.36. The molecule has 0 aliphatic rings. The van der Waals surface area contributed by atoms with Crippen LogP contribution in [0.5, 0.6) is 0 Å². The zero-order chi connectivity index (χ0) is 13.0. The first kappa shape index (κ1) is 11.6. The molecule has 2 rings (SSSR count). The molecular weight excluding hydrogens is 236 g/mol. The van der Waals surface area contributed by atoms with Gasteiger partial charge in [-0.2, -0.15) is 0 Å². The van der Waals surface area contributed by atoms with Gasteiger partial charge in [-0.1, -0.05) is 6.07 Å². The number of nitrogens with two attached hydrogens (primary N) is 1. The minimum atomic E-state index is -0.841. The fourth-order valence-electron chi connectivity index (χ4n) is 1.35. The van der Waals surface area contributed by atoms with E-state index in [1.165, 1.54) is 12.5 Å². The van der Waals surface area contributed by atoms with Crippen LogP contribution in [-0.2, 0) is 0 Å². The molecule has 0 spiro atoms. The number of aromatic nitrogens is 1. The molecule has 0 unspecified atom stereocenters. The van der Waals surface area contributed by atoms with Gasteiger partial charge in [-0.3, -0.25) is 10.2 Å². The van der Waals surface area contributed by atoms with Crippen molar-refractivity contribution in [2.45, 2.75) is 0 Å². The summed E-state index contributed by atoms with van der Waals surface area (Å²) in [5.74, 6) is -0.0743. The molecule has 92 valence electrons. The number of rotatable bonds is 2. The van der Waals surface area contributed by atoms with Gasteiger partial charge in [0.25, 0.3) is 5.91 Å². The number of amides is 3. The summed E-state index contributed by atoms with van der Waals surface area (Å²) in [5.41, 5.74) is 10.00. The largest absolute Gasteiger partial charge is 0.445 e. The number of carbonyl (C=O) groups excluding carboxylic acids is 2. The van der Waals surface area contributed by atoms with E-state index < -0.39 is 11.9 Å². The van der Waals surface area contributed by atoms with Gasteiger partial charge in [0, 0.05) is 11.1 Å². The number of urea groups is 1. The van der Waals surface area contributed by atoms with Crippen molar-refractivity contribution in [3.8, 4) is 11.5 Å². The molecule has 0 bridgehead atoms. The Morgan fingerprint density at radius 1 is 1.28 bits per heavy atom. The van der Waals surface area contributed by atoms with E-state index in [4.69, 9.17) is 10.2 Å². The molecule has 1 aromatic heterocycles. The SMILES string of the molecule is NC(=O)NNC(=O)c1cccc(-c2ncco2)c1. The lowest BCUT2D eigenvalue weighted by Crippen LogP contribution is -2.44. The van der Waals surface area contributed by atoms with E-state index in [1.54, 1.807) is 24.3 Å². The van der Waals surface area contributed by atoms with E-state index in [9.17, 15) is 9.59 Å². The topological polar surface area (TPSA) is 110 Å². The maximum atomic E-state index is 11.6. The number of carbonyl (C=O) groups is 2. The summed E-state index contributed by atoms with van der Waals surface area (Å²) in [5, 5.41) is 0. The Balaban J connectivity index is 2.17. The molecule has 0 fully saturated rings. The van der Waals surface area contributed by atoms with E-state index in [-0.39, 0.29) is 0 Å². The van der Waals surface area contributed by atoms with E-state index >= 15 is 0 Å². The van der Waals surface area contributed by atoms with Crippen molar-refractivity contribution in [2.75, 3.05) is 0 Å². The summed E-state index contributed by atoms with van der Waals surface area (Å²) in [6.07, 6.45) is 2.95. The molecule has 0 saturated heterocycles. The van der Waals surface area contributed by atoms with Gasteiger partial charge in [0.15, 0.2) is 0 Å². The lowest BCUT2D eigenvalue weighted by Gasteiger charge is -2.05. The van der Waals surface area contributed by atoms with E-state index in [2.05, 4.69) is 10.4 Å². The zero-order valence-corrected chi connectivity index (χ0v) is 9.21. The van der Waals surface area contributed by atoms with Crippen molar-refractivity contribution in [3.05, 3.63) is 42.3 Å². The van der Waals surface area contributed by atoms with Crippen molar-refractivity contribution in [1.82, 2.24) is 15.8 Å². The van der Waals surface area contributed by atoms with E-state index in [0.29, 0.717) is 17.0 Å². The molecule has 2 aromatic rings. The summed E-state index contributed by atoms with van der Waals surface area (Å²) >= 11 is 0. The van der Waals surface area contributed by atoms with Gasteiger partial charge < -0.3 is 10.2 Å². The van der Waals surface area contributed by atoms with Gasteiger partial charge in [0.1, 0.15) is 6.26 Å². The maximum Gasteiger partial charge on any atom is 0.330 e. The fourth-order valence-corrected chi connectivity index (χ4v) is 1.35. The third kappa shape index (κ3) is 2.64. The smallest absolute Gasteiger partial charge is 0.330 e. The monoisotopic (exact) mass is 246 g/mol. The third-order valence-corrected chi connectivity index (χ3v) is 2.10. The standard InChI is InChI=1S/C11H10N4O3/c12-11(17)15-14-9(16)7-2-1-3-8(6-7)10-13-4-5-18-10/h1-6H,(H,14,16)(H3,12,15,17). The van der Waals surface area contributed by atoms with Gasteiger partial charge >= 0.3 is 6.03 Å². The van der Waals surface area contributed by atoms with Crippen LogP contribution in [0.4, 0.5) is 4.79 Å².